The minimum absolute atomic E-state index is 0.541. The van der Waals surface area contributed by atoms with E-state index >= 15 is 0 Å². The fourth-order valence-electron chi connectivity index (χ4n) is 2.50. The van der Waals surface area contributed by atoms with Gasteiger partial charge in [-0.2, -0.15) is 0 Å². The normalized spacial score (nSPS) is 25.2. The summed E-state index contributed by atoms with van der Waals surface area (Å²) < 4.78 is 24.9. The maximum absolute atomic E-state index is 12.4. The van der Waals surface area contributed by atoms with E-state index in [-0.39, 0.29) is 0 Å². The van der Waals surface area contributed by atoms with Gasteiger partial charge >= 0.3 is 0 Å². The van der Waals surface area contributed by atoms with Gasteiger partial charge < -0.3 is 0 Å². The molecule has 2 atom stereocenters. The van der Waals surface area contributed by atoms with Crippen molar-refractivity contribution in [2.75, 3.05) is 11.5 Å². The molecule has 0 N–H and O–H groups in total. The minimum Gasteiger partial charge on any atom is -0.254 e. The van der Waals surface area contributed by atoms with Crippen LogP contribution in [-0.2, 0) is 34.4 Å². The molecule has 2 nitrogen and oxygen atoms in total. The molecule has 1 aromatic carbocycles. The second-order valence-electron chi connectivity index (χ2n) is 4.31. The fourth-order valence-corrected chi connectivity index (χ4v) is 11.5. The number of hydrogen-bond acceptors (Lipinski definition) is 5. The highest BCUT2D eigenvalue weighted by atomic mass is 33.5. The van der Waals surface area contributed by atoms with Crippen LogP contribution in [0.4, 0.5) is 0 Å². The molecule has 0 saturated carbocycles. The van der Waals surface area contributed by atoms with Crippen molar-refractivity contribution in [1.29, 1.82) is 0 Å². The monoisotopic (exact) mass is 350 g/mol. The quantitative estimate of drug-likeness (QED) is 0.758. The average molecular weight is 351 g/mol. The van der Waals surface area contributed by atoms with Crippen molar-refractivity contribution in [3.63, 3.8) is 0 Å². The van der Waals surface area contributed by atoms with Crippen LogP contribution in [0.5, 0.6) is 0 Å². The van der Waals surface area contributed by atoms with Crippen LogP contribution in [0.25, 0.3) is 0 Å². The van der Waals surface area contributed by atoms with Gasteiger partial charge in [0, 0.05) is 21.3 Å². The lowest BCUT2D eigenvalue weighted by Crippen LogP contribution is -2.21. The molecule has 0 aliphatic carbocycles. The summed E-state index contributed by atoms with van der Waals surface area (Å²) in [6.45, 7) is 4.20. The molecule has 19 heavy (non-hydrogen) atoms. The Morgan fingerprint density at radius 1 is 0.895 bits per heavy atom. The largest absolute Gasteiger partial charge is 0.254 e. The molecule has 2 unspecified atom stereocenters. The lowest BCUT2D eigenvalue weighted by Gasteiger charge is -2.23. The van der Waals surface area contributed by atoms with Gasteiger partial charge in [0.15, 0.2) is 0 Å². The Hall–Kier alpha value is 0.570. The maximum Gasteiger partial charge on any atom is 0.0596 e. The molecule has 0 bridgehead atoms. The topological polar surface area (TPSA) is 34.1 Å². The van der Waals surface area contributed by atoms with Gasteiger partial charge in [-0.15, -0.1) is 0 Å². The summed E-state index contributed by atoms with van der Waals surface area (Å²) in [6.07, 6.45) is 1.73. The Balaban J connectivity index is 2.40. The highest BCUT2D eigenvalue weighted by Crippen LogP contribution is 2.60. The van der Waals surface area contributed by atoms with Crippen molar-refractivity contribution in [3.05, 3.63) is 11.1 Å². The molecule has 0 amide bonds. The molecule has 0 spiro atoms. The van der Waals surface area contributed by atoms with Gasteiger partial charge in [-0.3, -0.25) is 8.42 Å². The van der Waals surface area contributed by atoms with Crippen LogP contribution >= 0.6 is 31.4 Å². The summed E-state index contributed by atoms with van der Waals surface area (Å²) >= 11 is 0. The van der Waals surface area contributed by atoms with Gasteiger partial charge in [-0.05, 0) is 55.4 Å². The van der Waals surface area contributed by atoms with Gasteiger partial charge in [0.25, 0.3) is 0 Å². The smallest absolute Gasteiger partial charge is 0.0596 e. The van der Waals surface area contributed by atoms with Crippen LogP contribution in [0.2, 0.25) is 0 Å². The molecule has 0 aromatic heterocycles. The van der Waals surface area contributed by atoms with Crippen LogP contribution in [0.3, 0.4) is 0 Å². The molecule has 2 aliphatic rings. The Kier molecular flexibility index (Phi) is 4.39. The molecule has 104 valence electrons. The summed E-state index contributed by atoms with van der Waals surface area (Å²) in [7, 11) is 3.35. The molecule has 1 aromatic rings. The van der Waals surface area contributed by atoms with Crippen LogP contribution in [0.15, 0.2) is 19.6 Å². The number of fused-ring (bicyclic) bond motifs is 2. The SMILES string of the molecule is CCc1c2c(c(CC)c3c1S(=O)CCS3=O)SSS2. The van der Waals surface area contributed by atoms with E-state index in [2.05, 4.69) is 13.8 Å². The Morgan fingerprint density at radius 3 is 1.68 bits per heavy atom. The molecule has 3 rings (SSSR count). The number of benzene rings is 1. The van der Waals surface area contributed by atoms with Crippen molar-refractivity contribution in [2.24, 2.45) is 0 Å². The zero-order valence-corrected chi connectivity index (χ0v) is 14.8. The highest BCUT2D eigenvalue weighted by molar-refractivity contribution is 9.10. The summed E-state index contributed by atoms with van der Waals surface area (Å²) in [5.41, 5.74) is 2.35. The summed E-state index contributed by atoms with van der Waals surface area (Å²) in [4.78, 5) is 4.36. The second kappa shape index (κ2) is 5.75. The van der Waals surface area contributed by atoms with E-state index in [1.807, 2.05) is 0 Å². The molecular formula is C12H14O2S5. The molecule has 2 heterocycles. The van der Waals surface area contributed by atoms with Gasteiger partial charge in [0.05, 0.1) is 31.4 Å². The van der Waals surface area contributed by atoms with E-state index in [4.69, 9.17) is 0 Å². The number of hydrogen-bond donors (Lipinski definition) is 0. The molecular weight excluding hydrogens is 336 g/mol. The van der Waals surface area contributed by atoms with Gasteiger partial charge in [-0.25, -0.2) is 0 Å². The second-order valence-corrected chi connectivity index (χ2v) is 11.2. The van der Waals surface area contributed by atoms with Crippen molar-refractivity contribution < 1.29 is 8.42 Å². The predicted molar refractivity (Wildman–Crippen MR) is 87.1 cm³/mol. The Morgan fingerprint density at radius 2 is 1.32 bits per heavy atom. The van der Waals surface area contributed by atoms with Crippen LogP contribution in [0, 0.1) is 0 Å². The van der Waals surface area contributed by atoms with Crippen molar-refractivity contribution in [3.8, 4) is 0 Å². The van der Waals surface area contributed by atoms with E-state index in [9.17, 15) is 8.42 Å². The average Bonchev–Trinajstić information content (AvgIpc) is 2.89. The first-order valence-corrected chi connectivity index (χ1v) is 12.3. The zero-order valence-electron chi connectivity index (χ0n) is 10.7. The first kappa shape index (κ1) is 14.5. The maximum atomic E-state index is 12.4. The lowest BCUT2D eigenvalue weighted by molar-refractivity contribution is 0.663. The van der Waals surface area contributed by atoms with Crippen LogP contribution < -0.4 is 0 Å². The van der Waals surface area contributed by atoms with Gasteiger partial charge in [-0.1, -0.05) is 13.8 Å². The van der Waals surface area contributed by atoms with E-state index in [1.54, 1.807) is 31.4 Å². The standard InChI is InChI=1S/C12H14O2S5/c1-3-7-9-10(16-17-15-9)8(4-2)12-11(7)18(13)5-6-19(12)14/h3-6H2,1-2H3. The summed E-state index contributed by atoms with van der Waals surface area (Å²) in [5.74, 6) is 1.08. The Labute approximate surface area is 130 Å². The molecule has 0 saturated heterocycles. The first-order valence-electron chi connectivity index (χ1n) is 6.18. The molecule has 2 aliphatic heterocycles. The van der Waals surface area contributed by atoms with Gasteiger partial charge in [0.2, 0.25) is 0 Å². The van der Waals surface area contributed by atoms with E-state index in [0.29, 0.717) is 11.5 Å². The molecule has 7 heteroatoms. The first-order chi connectivity index (χ1) is 9.19. The third-order valence-electron chi connectivity index (χ3n) is 3.36. The molecule has 0 fully saturated rings. The fraction of sp³-hybridized carbons (Fsp3) is 0.500. The zero-order chi connectivity index (χ0) is 13.6. The van der Waals surface area contributed by atoms with Crippen molar-refractivity contribution >= 4 is 53.0 Å². The van der Waals surface area contributed by atoms with Crippen LogP contribution in [-0.4, -0.2) is 19.9 Å². The minimum atomic E-state index is -0.976. The van der Waals surface area contributed by atoms with E-state index < -0.39 is 21.6 Å². The highest BCUT2D eigenvalue weighted by Gasteiger charge is 2.33. The Bertz CT molecular complexity index is 546. The lowest BCUT2D eigenvalue weighted by atomic mass is 10.1. The van der Waals surface area contributed by atoms with Gasteiger partial charge in [0.1, 0.15) is 0 Å². The van der Waals surface area contributed by atoms with Crippen molar-refractivity contribution in [2.45, 2.75) is 46.3 Å². The number of rotatable bonds is 2. The summed E-state index contributed by atoms with van der Waals surface area (Å²) in [5, 5.41) is 0. The third kappa shape index (κ3) is 2.25. The van der Waals surface area contributed by atoms with Crippen molar-refractivity contribution in [1.82, 2.24) is 0 Å². The van der Waals surface area contributed by atoms with E-state index in [1.165, 1.54) is 20.9 Å². The summed E-state index contributed by atoms with van der Waals surface area (Å²) in [6, 6.07) is 0. The molecule has 0 radical (unpaired) electrons. The predicted octanol–water partition coefficient (Wildman–Crippen LogP) is 3.80. The van der Waals surface area contributed by atoms with E-state index in [0.717, 1.165) is 22.6 Å². The third-order valence-corrected chi connectivity index (χ3v) is 10.8. The van der Waals surface area contributed by atoms with Crippen LogP contribution in [0.1, 0.15) is 25.0 Å².